The molecule has 3 rings (SSSR count). The Balaban J connectivity index is 1.75. The number of rotatable bonds is 2. The van der Waals surface area contributed by atoms with Gasteiger partial charge in [0.2, 0.25) is 5.91 Å². The summed E-state index contributed by atoms with van der Waals surface area (Å²) >= 11 is 3.31. The largest absolute Gasteiger partial charge is 0.444 e. The van der Waals surface area contributed by atoms with Gasteiger partial charge in [-0.25, -0.2) is 9.78 Å². The van der Waals surface area contributed by atoms with Crippen LogP contribution in [0.4, 0.5) is 10.6 Å². The lowest BCUT2D eigenvalue weighted by Gasteiger charge is -2.29. The van der Waals surface area contributed by atoms with Crippen LogP contribution >= 0.6 is 15.9 Å². The molecule has 24 heavy (non-hydrogen) atoms. The first-order chi connectivity index (χ1) is 11.2. The first-order valence-electron chi connectivity index (χ1n) is 8.09. The Kier molecular flexibility index (Phi) is 4.32. The lowest BCUT2D eigenvalue weighted by Crippen LogP contribution is -2.47. The zero-order chi connectivity index (χ0) is 17.6. The number of ether oxygens (including phenoxy) is 1. The van der Waals surface area contributed by atoms with Crippen molar-refractivity contribution in [2.45, 2.75) is 45.8 Å². The quantitative estimate of drug-likeness (QED) is 0.779. The molecule has 3 atom stereocenters. The number of likely N-dealkylation sites (tertiary alicyclic amines) is 1. The number of aryl methyl sites for hydroxylation is 1. The Hall–Kier alpha value is -1.63. The van der Waals surface area contributed by atoms with Gasteiger partial charge in [0.15, 0.2) is 0 Å². The van der Waals surface area contributed by atoms with E-state index in [1.165, 1.54) is 0 Å². The summed E-state index contributed by atoms with van der Waals surface area (Å²) in [5, 5.41) is 2.87. The van der Waals surface area contributed by atoms with Crippen LogP contribution in [-0.2, 0) is 9.53 Å². The van der Waals surface area contributed by atoms with Crippen LogP contribution in [-0.4, -0.2) is 40.1 Å². The highest BCUT2D eigenvalue weighted by Gasteiger charge is 2.57. The van der Waals surface area contributed by atoms with E-state index >= 15 is 0 Å². The highest BCUT2D eigenvalue weighted by molar-refractivity contribution is 9.10. The molecule has 1 saturated heterocycles. The third-order valence-corrected chi connectivity index (χ3v) is 4.79. The summed E-state index contributed by atoms with van der Waals surface area (Å²) in [6.07, 6.45) is 0.566. The Morgan fingerprint density at radius 2 is 2.08 bits per heavy atom. The number of fused-ring (bicyclic) bond motifs is 1. The number of carbonyl (C=O) groups excluding carboxylic acids is 2. The summed E-state index contributed by atoms with van der Waals surface area (Å²) in [5.41, 5.74) is 0.300. The minimum Gasteiger partial charge on any atom is -0.444 e. The van der Waals surface area contributed by atoms with Crippen molar-refractivity contribution in [3.63, 3.8) is 0 Å². The molecule has 0 aromatic carbocycles. The van der Waals surface area contributed by atoms with E-state index in [0.29, 0.717) is 22.9 Å². The molecule has 1 aromatic rings. The summed E-state index contributed by atoms with van der Waals surface area (Å²) in [4.78, 5) is 31.1. The lowest BCUT2D eigenvalue weighted by molar-refractivity contribution is -0.121. The van der Waals surface area contributed by atoms with Crippen molar-refractivity contribution in [2.24, 2.45) is 11.8 Å². The van der Waals surface area contributed by atoms with Gasteiger partial charge in [0.1, 0.15) is 22.1 Å². The molecule has 1 aliphatic carbocycles. The summed E-state index contributed by atoms with van der Waals surface area (Å²) in [5.74, 6) is 0.956. The van der Waals surface area contributed by atoms with Crippen LogP contribution in [0.2, 0.25) is 0 Å². The fraction of sp³-hybridized carbons (Fsp3) is 0.588. The van der Waals surface area contributed by atoms with Gasteiger partial charge in [-0.15, -0.1) is 0 Å². The molecule has 2 amide bonds. The molecule has 130 valence electrons. The average Bonchev–Trinajstić information content (AvgIpc) is 3.11. The highest BCUT2D eigenvalue weighted by Crippen LogP contribution is 2.50. The van der Waals surface area contributed by atoms with E-state index in [2.05, 4.69) is 26.2 Å². The van der Waals surface area contributed by atoms with Gasteiger partial charge in [-0.2, -0.15) is 0 Å². The number of nitrogens with zero attached hydrogens (tertiary/aromatic N) is 2. The molecule has 1 aromatic heterocycles. The standard InChI is InChI=1S/C17H22BrN3O3/c1-9-5-6-12(18)19-14(9)20-15(22)13-11-7-10(11)8-21(13)16(23)24-17(2,3)4/h5-6,10-11,13H,7-8H2,1-4H3,(H,19,20,22)/t10-,11+,13+/m1/s1. The summed E-state index contributed by atoms with van der Waals surface area (Å²) < 4.78 is 6.10. The number of pyridine rings is 1. The van der Waals surface area contributed by atoms with Crippen molar-refractivity contribution in [3.8, 4) is 0 Å². The second-order valence-electron chi connectivity index (χ2n) is 7.53. The maximum absolute atomic E-state index is 12.8. The van der Waals surface area contributed by atoms with Crippen LogP contribution in [0, 0.1) is 18.8 Å². The number of anilines is 1. The summed E-state index contributed by atoms with van der Waals surface area (Å²) in [6, 6.07) is 3.22. The molecule has 2 aliphatic rings. The second-order valence-corrected chi connectivity index (χ2v) is 8.34. The Bertz CT molecular complexity index is 686. The van der Waals surface area contributed by atoms with Crippen molar-refractivity contribution < 1.29 is 14.3 Å². The first kappa shape index (κ1) is 17.2. The zero-order valence-electron chi connectivity index (χ0n) is 14.3. The van der Waals surface area contributed by atoms with Crippen LogP contribution in [0.25, 0.3) is 0 Å². The predicted octanol–water partition coefficient (Wildman–Crippen LogP) is 3.35. The molecule has 2 heterocycles. The summed E-state index contributed by atoms with van der Waals surface area (Å²) in [6.45, 7) is 7.94. The van der Waals surface area contributed by atoms with Crippen LogP contribution < -0.4 is 5.32 Å². The van der Waals surface area contributed by atoms with Gasteiger partial charge in [0.25, 0.3) is 0 Å². The number of nitrogens with one attached hydrogen (secondary N) is 1. The maximum Gasteiger partial charge on any atom is 0.410 e. The normalized spacial score (nSPS) is 25.2. The topological polar surface area (TPSA) is 71.5 Å². The fourth-order valence-electron chi connectivity index (χ4n) is 3.13. The SMILES string of the molecule is Cc1ccc(Br)nc1NC(=O)[C@@H]1[C@H]2C[C@@H]2CN1C(=O)OC(C)(C)C. The molecule has 1 aliphatic heterocycles. The van der Waals surface area contributed by atoms with Crippen LogP contribution in [0.15, 0.2) is 16.7 Å². The maximum atomic E-state index is 12.8. The molecular weight excluding hydrogens is 374 g/mol. The number of halogens is 1. The summed E-state index contributed by atoms with van der Waals surface area (Å²) in [7, 11) is 0. The minimum atomic E-state index is -0.576. The molecule has 1 saturated carbocycles. The van der Waals surface area contributed by atoms with E-state index in [4.69, 9.17) is 4.74 Å². The van der Waals surface area contributed by atoms with Gasteiger partial charge < -0.3 is 10.1 Å². The van der Waals surface area contributed by atoms with Crippen molar-refractivity contribution in [2.75, 3.05) is 11.9 Å². The monoisotopic (exact) mass is 395 g/mol. The number of aromatic nitrogens is 1. The van der Waals surface area contributed by atoms with Crippen molar-refractivity contribution >= 4 is 33.7 Å². The minimum absolute atomic E-state index is 0.195. The van der Waals surface area contributed by atoms with E-state index in [1.807, 2.05) is 39.8 Å². The van der Waals surface area contributed by atoms with Crippen LogP contribution in [0.1, 0.15) is 32.8 Å². The van der Waals surface area contributed by atoms with Crippen LogP contribution in [0.5, 0.6) is 0 Å². The third-order valence-electron chi connectivity index (χ3n) is 4.35. The lowest BCUT2D eigenvalue weighted by atomic mass is 10.1. The van der Waals surface area contributed by atoms with Gasteiger partial charge in [0.05, 0.1) is 0 Å². The van der Waals surface area contributed by atoms with Crippen LogP contribution in [0.3, 0.4) is 0 Å². The smallest absolute Gasteiger partial charge is 0.410 e. The fourth-order valence-corrected chi connectivity index (χ4v) is 3.44. The van der Waals surface area contributed by atoms with E-state index in [9.17, 15) is 9.59 Å². The molecular formula is C17H22BrN3O3. The van der Waals surface area contributed by atoms with E-state index < -0.39 is 17.7 Å². The van der Waals surface area contributed by atoms with Crippen molar-refractivity contribution in [1.82, 2.24) is 9.88 Å². The zero-order valence-corrected chi connectivity index (χ0v) is 15.9. The molecule has 0 radical (unpaired) electrons. The molecule has 0 unspecified atom stereocenters. The molecule has 7 heteroatoms. The molecule has 0 bridgehead atoms. The van der Waals surface area contributed by atoms with Crippen molar-refractivity contribution in [1.29, 1.82) is 0 Å². The van der Waals surface area contributed by atoms with Crippen molar-refractivity contribution in [3.05, 3.63) is 22.3 Å². The Labute approximate surface area is 150 Å². The number of hydrogen-bond donors (Lipinski definition) is 1. The van der Waals surface area contributed by atoms with Gasteiger partial charge in [-0.3, -0.25) is 9.69 Å². The number of piperidine rings is 1. The van der Waals surface area contributed by atoms with E-state index in [1.54, 1.807) is 4.90 Å². The number of carbonyl (C=O) groups is 2. The average molecular weight is 396 g/mol. The highest BCUT2D eigenvalue weighted by atomic mass is 79.9. The third kappa shape index (κ3) is 3.55. The number of hydrogen-bond acceptors (Lipinski definition) is 4. The van der Waals surface area contributed by atoms with Gasteiger partial charge >= 0.3 is 6.09 Å². The molecule has 6 nitrogen and oxygen atoms in total. The van der Waals surface area contributed by atoms with E-state index in [0.717, 1.165) is 12.0 Å². The molecule has 1 N–H and O–H groups in total. The number of amides is 2. The molecule has 0 spiro atoms. The Morgan fingerprint density at radius 1 is 1.38 bits per heavy atom. The van der Waals surface area contributed by atoms with Gasteiger partial charge in [0, 0.05) is 6.54 Å². The second kappa shape index (κ2) is 6.02. The first-order valence-corrected chi connectivity index (χ1v) is 8.88. The Morgan fingerprint density at radius 3 is 2.75 bits per heavy atom. The molecule has 2 fully saturated rings. The van der Waals surface area contributed by atoms with Gasteiger partial charge in [-0.1, -0.05) is 6.07 Å². The van der Waals surface area contributed by atoms with E-state index in [-0.39, 0.29) is 11.8 Å². The van der Waals surface area contributed by atoms with Gasteiger partial charge in [-0.05, 0) is 73.5 Å². The predicted molar refractivity (Wildman–Crippen MR) is 93.6 cm³/mol.